The third-order valence-corrected chi connectivity index (χ3v) is 6.72. The van der Waals surface area contributed by atoms with Crippen LogP contribution in [-0.2, 0) is 27.8 Å². The van der Waals surface area contributed by atoms with E-state index in [-0.39, 0.29) is 16.5 Å². The summed E-state index contributed by atoms with van der Waals surface area (Å²) in [6.07, 6.45) is 0.207. The molecule has 1 aromatic heterocycles. The van der Waals surface area contributed by atoms with Gasteiger partial charge in [0.15, 0.2) is 0 Å². The van der Waals surface area contributed by atoms with Crippen molar-refractivity contribution >= 4 is 44.6 Å². The number of carbonyl (C=O) groups is 1. The van der Waals surface area contributed by atoms with Crippen LogP contribution < -0.4 is 10.0 Å². The van der Waals surface area contributed by atoms with Crippen LogP contribution in [0.25, 0.3) is 0 Å². The third-order valence-electron chi connectivity index (χ3n) is 3.71. The molecule has 0 aliphatic carbocycles. The van der Waals surface area contributed by atoms with Crippen molar-refractivity contribution in [2.45, 2.75) is 17.2 Å². The molecular formula is C19H17ClN2O3S2. The summed E-state index contributed by atoms with van der Waals surface area (Å²) in [5, 5.41) is 5.17. The Balaban J connectivity index is 1.55. The van der Waals surface area contributed by atoms with E-state index in [9.17, 15) is 13.2 Å². The Morgan fingerprint density at radius 3 is 2.44 bits per heavy atom. The molecule has 0 saturated carbocycles. The molecule has 2 N–H and O–H groups in total. The van der Waals surface area contributed by atoms with Crippen LogP contribution >= 0.6 is 22.9 Å². The SMILES string of the molecule is O=C(Cc1ccc(NS(=O)(=O)c2cccs2)cc1)NCc1cccc(Cl)c1. The number of hydrogen-bond donors (Lipinski definition) is 2. The zero-order chi connectivity index (χ0) is 19.3. The summed E-state index contributed by atoms with van der Waals surface area (Å²) in [4.78, 5) is 12.1. The standard InChI is InChI=1S/C19H17ClN2O3S2/c20-16-4-1-3-15(11-16)13-21-18(23)12-14-6-8-17(9-7-14)22-27(24,25)19-5-2-10-26-19/h1-11,22H,12-13H2,(H,21,23). The molecule has 0 radical (unpaired) electrons. The highest BCUT2D eigenvalue weighted by molar-refractivity contribution is 7.94. The lowest BCUT2D eigenvalue weighted by Crippen LogP contribution is -2.24. The fourth-order valence-electron chi connectivity index (χ4n) is 2.41. The molecule has 0 aliphatic rings. The molecule has 0 spiro atoms. The molecule has 5 nitrogen and oxygen atoms in total. The number of anilines is 1. The second-order valence-corrected chi connectivity index (χ2v) is 9.11. The van der Waals surface area contributed by atoms with E-state index >= 15 is 0 Å². The van der Waals surface area contributed by atoms with Gasteiger partial charge in [0.1, 0.15) is 4.21 Å². The van der Waals surface area contributed by atoms with Crippen molar-refractivity contribution in [3.63, 3.8) is 0 Å². The highest BCUT2D eigenvalue weighted by Crippen LogP contribution is 2.20. The summed E-state index contributed by atoms with van der Waals surface area (Å²) in [7, 11) is -3.57. The van der Waals surface area contributed by atoms with E-state index in [1.54, 1.807) is 53.9 Å². The second kappa shape index (κ2) is 8.56. The van der Waals surface area contributed by atoms with Crippen LogP contribution in [0, 0.1) is 0 Å². The maximum Gasteiger partial charge on any atom is 0.271 e. The van der Waals surface area contributed by atoms with Crippen molar-refractivity contribution in [1.29, 1.82) is 0 Å². The predicted octanol–water partition coefficient (Wildman–Crippen LogP) is 4.06. The Bertz CT molecular complexity index is 1020. The van der Waals surface area contributed by atoms with Gasteiger partial charge in [0, 0.05) is 17.3 Å². The molecule has 1 amide bonds. The zero-order valence-electron chi connectivity index (χ0n) is 14.2. The quantitative estimate of drug-likeness (QED) is 0.605. The number of benzene rings is 2. The highest BCUT2D eigenvalue weighted by Gasteiger charge is 2.15. The summed E-state index contributed by atoms with van der Waals surface area (Å²) in [6, 6.07) is 17.3. The van der Waals surface area contributed by atoms with Crippen molar-refractivity contribution in [3.05, 3.63) is 82.2 Å². The molecule has 3 aromatic rings. The Morgan fingerprint density at radius 2 is 1.78 bits per heavy atom. The molecule has 1 heterocycles. The number of rotatable bonds is 7. The third kappa shape index (κ3) is 5.56. The van der Waals surface area contributed by atoms with Crippen molar-refractivity contribution in [1.82, 2.24) is 5.32 Å². The molecule has 0 atom stereocenters. The molecule has 27 heavy (non-hydrogen) atoms. The van der Waals surface area contributed by atoms with Crippen molar-refractivity contribution in [2.75, 3.05) is 4.72 Å². The summed E-state index contributed by atoms with van der Waals surface area (Å²) in [6.45, 7) is 0.401. The smallest absolute Gasteiger partial charge is 0.271 e. The number of carbonyl (C=O) groups excluding carboxylic acids is 1. The van der Waals surface area contributed by atoms with Gasteiger partial charge in [0.25, 0.3) is 10.0 Å². The van der Waals surface area contributed by atoms with Gasteiger partial charge in [-0.25, -0.2) is 8.42 Å². The lowest BCUT2D eigenvalue weighted by atomic mass is 10.1. The summed E-state index contributed by atoms with van der Waals surface area (Å²) in [5.74, 6) is -0.123. The van der Waals surface area contributed by atoms with Gasteiger partial charge in [-0.1, -0.05) is 41.9 Å². The number of sulfonamides is 1. The minimum absolute atomic E-state index is 0.123. The topological polar surface area (TPSA) is 75.3 Å². The first-order chi connectivity index (χ1) is 12.9. The van der Waals surface area contributed by atoms with Crippen molar-refractivity contribution in [3.8, 4) is 0 Å². The average Bonchev–Trinajstić information content (AvgIpc) is 3.17. The molecule has 8 heteroatoms. The van der Waals surface area contributed by atoms with Gasteiger partial charge in [0.2, 0.25) is 5.91 Å². The van der Waals surface area contributed by atoms with Gasteiger partial charge in [-0.2, -0.15) is 0 Å². The number of amides is 1. The van der Waals surface area contributed by atoms with Crippen LogP contribution in [-0.4, -0.2) is 14.3 Å². The largest absolute Gasteiger partial charge is 0.352 e. The van der Waals surface area contributed by atoms with Gasteiger partial charge in [0.05, 0.1) is 6.42 Å². The molecule has 0 bridgehead atoms. The normalized spacial score (nSPS) is 11.1. The van der Waals surface area contributed by atoms with E-state index in [1.807, 2.05) is 12.1 Å². The van der Waals surface area contributed by atoms with E-state index in [1.165, 1.54) is 0 Å². The van der Waals surface area contributed by atoms with Crippen LogP contribution in [0.15, 0.2) is 70.3 Å². The Hall–Kier alpha value is -2.35. The first-order valence-corrected chi connectivity index (χ1v) is 10.8. The van der Waals surface area contributed by atoms with E-state index < -0.39 is 10.0 Å². The lowest BCUT2D eigenvalue weighted by Gasteiger charge is -2.08. The lowest BCUT2D eigenvalue weighted by molar-refractivity contribution is -0.120. The Labute approximate surface area is 167 Å². The average molecular weight is 421 g/mol. The Kier molecular flexibility index (Phi) is 6.15. The first kappa shape index (κ1) is 19.4. The minimum atomic E-state index is -3.57. The molecule has 0 fully saturated rings. The van der Waals surface area contributed by atoms with Crippen molar-refractivity contribution < 1.29 is 13.2 Å². The van der Waals surface area contributed by atoms with Gasteiger partial charge in [-0.05, 0) is 46.8 Å². The van der Waals surface area contributed by atoms with E-state index in [0.29, 0.717) is 17.3 Å². The van der Waals surface area contributed by atoms with E-state index in [4.69, 9.17) is 11.6 Å². The summed E-state index contributed by atoms with van der Waals surface area (Å²) >= 11 is 7.08. The molecule has 0 saturated heterocycles. The monoisotopic (exact) mass is 420 g/mol. The number of halogens is 1. The van der Waals surface area contributed by atoms with Gasteiger partial charge in [-0.15, -0.1) is 11.3 Å². The highest BCUT2D eigenvalue weighted by atomic mass is 35.5. The fraction of sp³-hybridized carbons (Fsp3) is 0.105. The first-order valence-electron chi connectivity index (χ1n) is 8.09. The van der Waals surface area contributed by atoms with Crippen LogP contribution in [0.1, 0.15) is 11.1 Å². The number of nitrogens with one attached hydrogen (secondary N) is 2. The van der Waals surface area contributed by atoms with Crippen LogP contribution in [0.3, 0.4) is 0 Å². The molecular weight excluding hydrogens is 404 g/mol. The van der Waals surface area contributed by atoms with Gasteiger partial charge in [-0.3, -0.25) is 9.52 Å². The Morgan fingerprint density at radius 1 is 1.00 bits per heavy atom. The molecule has 0 aliphatic heterocycles. The summed E-state index contributed by atoms with van der Waals surface area (Å²) < 4.78 is 27.2. The second-order valence-electron chi connectivity index (χ2n) is 5.82. The molecule has 2 aromatic carbocycles. The molecule has 3 rings (SSSR count). The van der Waals surface area contributed by atoms with Crippen molar-refractivity contribution in [2.24, 2.45) is 0 Å². The minimum Gasteiger partial charge on any atom is -0.352 e. The maximum absolute atomic E-state index is 12.2. The maximum atomic E-state index is 12.2. The van der Waals surface area contributed by atoms with Gasteiger partial charge >= 0.3 is 0 Å². The molecule has 0 unspecified atom stereocenters. The zero-order valence-corrected chi connectivity index (χ0v) is 16.6. The number of hydrogen-bond acceptors (Lipinski definition) is 4. The number of thiophene rings is 1. The van der Waals surface area contributed by atoms with Crippen LogP contribution in [0.5, 0.6) is 0 Å². The predicted molar refractivity (Wildman–Crippen MR) is 109 cm³/mol. The van der Waals surface area contributed by atoms with E-state index in [0.717, 1.165) is 22.5 Å². The molecule has 140 valence electrons. The van der Waals surface area contributed by atoms with Crippen LogP contribution in [0.2, 0.25) is 5.02 Å². The van der Waals surface area contributed by atoms with Gasteiger partial charge < -0.3 is 5.32 Å². The van der Waals surface area contributed by atoms with E-state index in [2.05, 4.69) is 10.0 Å². The van der Waals surface area contributed by atoms with Crippen LogP contribution in [0.4, 0.5) is 5.69 Å². The summed E-state index contributed by atoms with van der Waals surface area (Å²) in [5.41, 5.74) is 2.17. The fourth-order valence-corrected chi connectivity index (χ4v) is 4.67.